The number of hydrogen-bond acceptors (Lipinski definition) is 4. The average Bonchev–Trinajstić information content (AvgIpc) is 2.15. The SMILES string of the molecule is Cc1ccc(S(=O)(=O)NCCC(C)O)c(N)c1. The summed E-state index contributed by atoms with van der Waals surface area (Å²) in [5.74, 6) is 0. The van der Waals surface area contributed by atoms with E-state index in [1.165, 1.54) is 6.07 Å². The second-order valence-electron chi connectivity index (χ2n) is 4.08. The number of aliphatic hydroxyl groups is 1. The molecule has 4 N–H and O–H groups in total. The molecule has 96 valence electrons. The summed E-state index contributed by atoms with van der Waals surface area (Å²) in [6, 6.07) is 4.79. The highest BCUT2D eigenvalue weighted by Gasteiger charge is 2.16. The van der Waals surface area contributed by atoms with E-state index in [-0.39, 0.29) is 17.1 Å². The summed E-state index contributed by atoms with van der Waals surface area (Å²) >= 11 is 0. The van der Waals surface area contributed by atoms with Crippen LogP contribution in [0.1, 0.15) is 18.9 Å². The van der Waals surface area contributed by atoms with Crippen LogP contribution in [0.15, 0.2) is 23.1 Å². The van der Waals surface area contributed by atoms with Crippen LogP contribution in [0, 0.1) is 6.92 Å². The molecule has 1 atom stereocenters. The Morgan fingerprint density at radius 3 is 2.65 bits per heavy atom. The van der Waals surface area contributed by atoms with E-state index in [2.05, 4.69) is 4.72 Å². The maximum atomic E-state index is 11.9. The van der Waals surface area contributed by atoms with Crippen LogP contribution in [0.2, 0.25) is 0 Å². The van der Waals surface area contributed by atoms with Crippen molar-refractivity contribution < 1.29 is 13.5 Å². The predicted molar refractivity (Wildman–Crippen MR) is 67.1 cm³/mol. The minimum absolute atomic E-state index is 0.0775. The Bertz CT molecular complexity index is 483. The summed E-state index contributed by atoms with van der Waals surface area (Å²) in [4.78, 5) is 0.0775. The first-order valence-corrected chi connectivity index (χ1v) is 6.85. The van der Waals surface area contributed by atoms with Crippen molar-refractivity contribution in [3.8, 4) is 0 Å². The number of nitrogen functional groups attached to an aromatic ring is 1. The highest BCUT2D eigenvalue weighted by molar-refractivity contribution is 7.89. The van der Waals surface area contributed by atoms with E-state index in [1.807, 2.05) is 6.92 Å². The standard InChI is InChI=1S/C11H18N2O3S/c1-8-3-4-11(10(12)7-8)17(15,16)13-6-5-9(2)14/h3-4,7,9,13-14H,5-6,12H2,1-2H3. The molecule has 0 aromatic heterocycles. The lowest BCUT2D eigenvalue weighted by Crippen LogP contribution is -2.27. The van der Waals surface area contributed by atoms with Crippen LogP contribution in [-0.2, 0) is 10.0 Å². The number of anilines is 1. The fraction of sp³-hybridized carbons (Fsp3) is 0.455. The third kappa shape index (κ3) is 3.99. The summed E-state index contributed by atoms with van der Waals surface area (Å²) < 4.78 is 26.1. The van der Waals surface area contributed by atoms with E-state index in [9.17, 15) is 8.42 Å². The smallest absolute Gasteiger partial charge is 0.242 e. The Morgan fingerprint density at radius 2 is 2.12 bits per heavy atom. The van der Waals surface area contributed by atoms with Gasteiger partial charge in [-0.25, -0.2) is 13.1 Å². The molecule has 0 heterocycles. The second kappa shape index (κ2) is 5.48. The maximum Gasteiger partial charge on any atom is 0.242 e. The second-order valence-corrected chi connectivity index (χ2v) is 5.81. The normalized spacial score (nSPS) is 13.6. The zero-order chi connectivity index (χ0) is 13.1. The van der Waals surface area contributed by atoms with Crippen LogP contribution in [-0.4, -0.2) is 26.2 Å². The van der Waals surface area contributed by atoms with Crippen molar-refractivity contribution in [2.24, 2.45) is 0 Å². The van der Waals surface area contributed by atoms with Crippen molar-refractivity contribution in [3.05, 3.63) is 23.8 Å². The maximum absolute atomic E-state index is 11.9. The lowest BCUT2D eigenvalue weighted by Gasteiger charge is -2.10. The van der Waals surface area contributed by atoms with Gasteiger partial charge in [-0.1, -0.05) is 6.07 Å². The van der Waals surface area contributed by atoms with Crippen molar-refractivity contribution in [2.75, 3.05) is 12.3 Å². The molecular formula is C11H18N2O3S. The number of rotatable bonds is 5. The molecule has 1 rings (SSSR count). The number of nitrogens with two attached hydrogens (primary N) is 1. The van der Waals surface area contributed by atoms with Gasteiger partial charge in [0.15, 0.2) is 0 Å². The quantitative estimate of drug-likeness (QED) is 0.675. The zero-order valence-electron chi connectivity index (χ0n) is 9.97. The highest BCUT2D eigenvalue weighted by Crippen LogP contribution is 2.19. The van der Waals surface area contributed by atoms with E-state index in [0.29, 0.717) is 6.42 Å². The monoisotopic (exact) mass is 258 g/mol. The van der Waals surface area contributed by atoms with E-state index in [0.717, 1.165) is 5.56 Å². The molecule has 0 amide bonds. The topological polar surface area (TPSA) is 92.4 Å². The Kier molecular flexibility index (Phi) is 4.50. The van der Waals surface area contributed by atoms with Crippen molar-refractivity contribution in [1.29, 1.82) is 0 Å². The van der Waals surface area contributed by atoms with Gasteiger partial charge >= 0.3 is 0 Å². The summed E-state index contributed by atoms with van der Waals surface area (Å²) in [6.07, 6.45) is -0.168. The molecule has 1 aromatic rings. The van der Waals surface area contributed by atoms with Crippen molar-refractivity contribution in [2.45, 2.75) is 31.3 Å². The molecule has 1 aromatic carbocycles. The molecule has 0 aliphatic carbocycles. The minimum atomic E-state index is -3.59. The molecule has 0 radical (unpaired) electrons. The zero-order valence-corrected chi connectivity index (χ0v) is 10.8. The molecular weight excluding hydrogens is 240 g/mol. The first-order valence-electron chi connectivity index (χ1n) is 5.37. The van der Waals surface area contributed by atoms with Crippen LogP contribution in [0.3, 0.4) is 0 Å². The van der Waals surface area contributed by atoms with E-state index in [1.54, 1.807) is 19.1 Å². The van der Waals surface area contributed by atoms with Gasteiger partial charge in [0.1, 0.15) is 4.90 Å². The average molecular weight is 258 g/mol. The number of aryl methyl sites for hydroxylation is 1. The Morgan fingerprint density at radius 1 is 1.47 bits per heavy atom. The highest BCUT2D eigenvalue weighted by atomic mass is 32.2. The number of benzene rings is 1. The molecule has 0 aliphatic rings. The van der Waals surface area contributed by atoms with Crippen LogP contribution < -0.4 is 10.5 Å². The molecule has 0 aliphatic heterocycles. The van der Waals surface area contributed by atoms with Crippen molar-refractivity contribution in [1.82, 2.24) is 4.72 Å². The number of sulfonamides is 1. The summed E-state index contributed by atoms with van der Waals surface area (Å²) in [5, 5.41) is 9.05. The van der Waals surface area contributed by atoms with E-state index in [4.69, 9.17) is 10.8 Å². The molecule has 0 spiro atoms. The van der Waals surface area contributed by atoms with Gasteiger partial charge in [0.2, 0.25) is 10.0 Å². The first kappa shape index (κ1) is 14.0. The molecule has 1 unspecified atom stereocenters. The lowest BCUT2D eigenvalue weighted by molar-refractivity contribution is 0.186. The van der Waals surface area contributed by atoms with Gasteiger partial charge in [-0.15, -0.1) is 0 Å². The fourth-order valence-corrected chi connectivity index (χ4v) is 2.55. The summed E-state index contributed by atoms with van der Waals surface area (Å²) in [6.45, 7) is 3.63. The van der Waals surface area contributed by atoms with Crippen LogP contribution in [0.25, 0.3) is 0 Å². The largest absolute Gasteiger partial charge is 0.398 e. The molecule has 0 saturated heterocycles. The van der Waals surface area contributed by atoms with Gasteiger partial charge < -0.3 is 10.8 Å². The molecule has 0 bridgehead atoms. The molecule has 0 saturated carbocycles. The van der Waals surface area contributed by atoms with Crippen molar-refractivity contribution >= 4 is 15.7 Å². The van der Waals surface area contributed by atoms with E-state index < -0.39 is 16.1 Å². The number of nitrogens with one attached hydrogen (secondary N) is 1. The Hall–Kier alpha value is -1.11. The van der Waals surface area contributed by atoms with Crippen LogP contribution >= 0.6 is 0 Å². The molecule has 17 heavy (non-hydrogen) atoms. The van der Waals surface area contributed by atoms with Crippen molar-refractivity contribution in [3.63, 3.8) is 0 Å². The van der Waals surface area contributed by atoms with Crippen LogP contribution in [0.4, 0.5) is 5.69 Å². The van der Waals surface area contributed by atoms with Gasteiger partial charge in [-0.2, -0.15) is 0 Å². The van der Waals surface area contributed by atoms with Gasteiger partial charge in [0, 0.05) is 6.54 Å². The lowest BCUT2D eigenvalue weighted by atomic mass is 10.2. The Balaban J connectivity index is 2.83. The van der Waals surface area contributed by atoms with Crippen LogP contribution in [0.5, 0.6) is 0 Å². The molecule has 0 fully saturated rings. The van der Waals surface area contributed by atoms with Gasteiger partial charge in [-0.3, -0.25) is 0 Å². The fourth-order valence-electron chi connectivity index (χ4n) is 1.39. The van der Waals surface area contributed by atoms with Gasteiger partial charge in [0.05, 0.1) is 11.8 Å². The van der Waals surface area contributed by atoms with Gasteiger partial charge in [0.25, 0.3) is 0 Å². The third-order valence-electron chi connectivity index (χ3n) is 2.31. The van der Waals surface area contributed by atoms with E-state index >= 15 is 0 Å². The minimum Gasteiger partial charge on any atom is -0.398 e. The number of hydrogen-bond donors (Lipinski definition) is 3. The number of aliphatic hydroxyl groups excluding tert-OH is 1. The third-order valence-corrected chi connectivity index (χ3v) is 3.84. The summed E-state index contributed by atoms with van der Waals surface area (Å²) in [5.41, 5.74) is 6.81. The molecule has 6 heteroatoms. The summed E-state index contributed by atoms with van der Waals surface area (Å²) in [7, 11) is -3.59. The predicted octanol–water partition coefficient (Wildman–Crippen LogP) is 0.626. The van der Waals surface area contributed by atoms with Gasteiger partial charge in [-0.05, 0) is 38.0 Å². The first-order chi connectivity index (χ1) is 7.83. The molecule has 5 nitrogen and oxygen atoms in total. The Labute approximate surface area is 102 Å².